The zero-order valence-corrected chi connectivity index (χ0v) is 7.15. The second-order valence-corrected chi connectivity index (χ2v) is 6.01. The Hall–Kier alpha value is -0.220. The standard InChI is InChI=1S/C8H13P/c1-8(2,3)9-6-4-5-7-9/h4-7H,1-3H3. The molecule has 1 rings (SSSR count). The molecule has 0 nitrogen and oxygen atoms in total. The van der Waals surface area contributed by atoms with Crippen molar-refractivity contribution in [1.82, 2.24) is 0 Å². The van der Waals surface area contributed by atoms with Crippen LogP contribution in [0.1, 0.15) is 20.8 Å². The van der Waals surface area contributed by atoms with E-state index in [2.05, 4.69) is 44.5 Å². The molecule has 0 aliphatic rings. The van der Waals surface area contributed by atoms with Crippen LogP contribution < -0.4 is 0 Å². The van der Waals surface area contributed by atoms with Gasteiger partial charge in [-0.25, -0.2) is 0 Å². The van der Waals surface area contributed by atoms with Gasteiger partial charge in [0.05, 0.1) is 0 Å². The van der Waals surface area contributed by atoms with E-state index in [9.17, 15) is 0 Å². The van der Waals surface area contributed by atoms with E-state index in [0.29, 0.717) is 5.16 Å². The van der Waals surface area contributed by atoms with Crippen LogP contribution in [-0.4, -0.2) is 0 Å². The van der Waals surface area contributed by atoms with Gasteiger partial charge in [-0.15, -0.1) is 7.53 Å². The van der Waals surface area contributed by atoms with Gasteiger partial charge in [-0.3, -0.25) is 0 Å². The van der Waals surface area contributed by atoms with Crippen LogP contribution in [0.25, 0.3) is 0 Å². The predicted molar refractivity (Wildman–Crippen MR) is 44.1 cm³/mol. The molecule has 0 bridgehead atoms. The van der Waals surface area contributed by atoms with Gasteiger partial charge in [0.2, 0.25) is 0 Å². The van der Waals surface area contributed by atoms with Crippen LogP contribution >= 0.6 is 7.53 Å². The number of hydrogen-bond acceptors (Lipinski definition) is 0. The summed E-state index contributed by atoms with van der Waals surface area (Å²) >= 11 is 0. The van der Waals surface area contributed by atoms with Crippen LogP contribution in [0.2, 0.25) is 0 Å². The Kier molecular flexibility index (Phi) is 1.68. The van der Waals surface area contributed by atoms with Gasteiger partial charge in [-0.1, -0.05) is 32.9 Å². The molecule has 0 fully saturated rings. The van der Waals surface area contributed by atoms with E-state index in [1.54, 1.807) is 0 Å². The topological polar surface area (TPSA) is 0 Å². The van der Waals surface area contributed by atoms with Gasteiger partial charge in [0.1, 0.15) is 0 Å². The van der Waals surface area contributed by atoms with Crippen molar-refractivity contribution in [3.63, 3.8) is 0 Å². The Morgan fingerprint density at radius 3 is 1.67 bits per heavy atom. The van der Waals surface area contributed by atoms with Gasteiger partial charge in [-0.05, 0) is 11.6 Å². The lowest BCUT2D eigenvalue weighted by atomic mass is 10.3. The summed E-state index contributed by atoms with van der Waals surface area (Å²) in [5, 5.41) is 0.471. The minimum atomic E-state index is 0.0527. The molecule has 0 atom stereocenters. The number of rotatable bonds is 0. The fourth-order valence-corrected chi connectivity index (χ4v) is 2.35. The Balaban J connectivity index is 2.90. The molecule has 0 saturated heterocycles. The highest BCUT2D eigenvalue weighted by atomic mass is 31.1. The normalized spacial score (nSPS) is 11.9. The largest absolute Gasteiger partial charge is 0.119 e. The fourth-order valence-electron chi connectivity index (χ4n) is 0.782. The van der Waals surface area contributed by atoms with E-state index >= 15 is 0 Å². The van der Waals surface area contributed by atoms with Gasteiger partial charge < -0.3 is 0 Å². The summed E-state index contributed by atoms with van der Waals surface area (Å²) in [6, 6.07) is 4.30. The van der Waals surface area contributed by atoms with Crippen molar-refractivity contribution in [2.24, 2.45) is 0 Å². The van der Waals surface area contributed by atoms with E-state index in [0.717, 1.165) is 0 Å². The van der Waals surface area contributed by atoms with Crippen LogP contribution in [-0.2, 0) is 5.16 Å². The molecule has 0 unspecified atom stereocenters. The Morgan fingerprint density at radius 1 is 1.00 bits per heavy atom. The molecule has 0 N–H and O–H groups in total. The summed E-state index contributed by atoms with van der Waals surface area (Å²) in [6.45, 7) is 6.87. The summed E-state index contributed by atoms with van der Waals surface area (Å²) < 4.78 is 0. The molecular weight excluding hydrogens is 127 g/mol. The summed E-state index contributed by atoms with van der Waals surface area (Å²) in [7, 11) is 0.0527. The van der Waals surface area contributed by atoms with E-state index in [-0.39, 0.29) is 7.53 Å². The summed E-state index contributed by atoms with van der Waals surface area (Å²) in [5.41, 5.74) is 0. The summed E-state index contributed by atoms with van der Waals surface area (Å²) in [6.07, 6.45) is 0. The molecule has 0 radical (unpaired) electrons. The third kappa shape index (κ3) is 1.59. The van der Waals surface area contributed by atoms with E-state index in [1.165, 1.54) is 0 Å². The Bertz CT molecular complexity index is 167. The summed E-state index contributed by atoms with van der Waals surface area (Å²) in [4.78, 5) is 0. The van der Waals surface area contributed by atoms with Gasteiger partial charge in [0.15, 0.2) is 0 Å². The predicted octanol–water partition coefficient (Wildman–Crippen LogP) is 3.43. The van der Waals surface area contributed by atoms with E-state index in [4.69, 9.17) is 0 Å². The van der Waals surface area contributed by atoms with Crippen molar-refractivity contribution in [2.75, 3.05) is 0 Å². The maximum Gasteiger partial charge on any atom is 0.000276 e. The average Bonchev–Trinajstić information content (AvgIpc) is 2.08. The molecule has 1 heterocycles. The van der Waals surface area contributed by atoms with Crippen molar-refractivity contribution in [1.29, 1.82) is 0 Å². The van der Waals surface area contributed by atoms with Gasteiger partial charge in [-0.2, -0.15) is 0 Å². The Morgan fingerprint density at radius 2 is 1.44 bits per heavy atom. The van der Waals surface area contributed by atoms with Gasteiger partial charge >= 0.3 is 0 Å². The smallest absolute Gasteiger partial charge is 0.000276 e. The fraction of sp³-hybridized carbons (Fsp3) is 0.500. The van der Waals surface area contributed by atoms with Crippen LogP contribution in [0.3, 0.4) is 0 Å². The first kappa shape index (κ1) is 6.89. The molecule has 1 aromatic rings. The molecule has 1 heteroatoms. The van der Waals surface area contributed by atoms with Crippen LogP contribution in [0.5, 0.6) is 0 Å². The van der Waals surface area contributed by atoms with Crippen LogP contribution in [0, 0.1) is 0 Å². The Labute approximate surface area is 58.0 Å². The lowest BCUT2D eigenvalue weighted by Crippen LogP contribution is -1.98. The van der Waals surface area contributed by atoms with Crippen molar-refractivity contribution >= 4 is 7.53 Å². The first-order valence-electron chi connectivity index (χ1n) is 3.24. The second-order valence-electron chi connectivity index (χ2n) is 3.26. The zero-order chi connectivity index (χ0) is 6.91. The SMILES string of the molecule is CC(C)(C)p1cccc1. The van der Waals surface area contributed by atoms with Crippen LogP contribution in [0.4, 0.5) is 0 Å². The maximum atomic E-state index is 2.31. The molecule has 50 valence electrons. The lowest BCUT2D eigenvalue weighted by Gasteiger charge is -2.16. The minimum Gasteiger partial charge on any atom is -0.119 e. The molecule has 0 aliphatic carbocycles. The minimum absolute atomic E-state index is 0.0527. The third-order valence-corrected chi connectivity index (χ3v) is 3.91. The average molecular weight is 140 g/mol. The molecule has 0 spiro atoms. The number of hydrogen-bond donors (Lipinski definition) is 0. The molecular formula is C8H13P. The van der Waals surface area contributed by atoms with Crippen LogP contribution in [0.15, 0.2) is 23.7 Å². The molecule has 0 saturated carbocycles. The van der Waals surface area contributed by atoms with E-state index < -0.39 is 0 Å². The van der Waals surface area contributed by atoms with Gasteiger partial charge in [0, 0.05) is 5.16 Å². The molecule has 9 heavy (non-hydrogen) atoms. The zero-order valence-electron chi connectivity index (χ0n) is 6.26. The van der Waals surface area contributed by atoms with Crippen molar-refractivity contribution in [2.45, 2.75) is 25.9 Å². The lowest BCUT2D eigenvalue weighted by molar-refractivity contribution is 0.719. The third-order valence-electron chi connectivity index (χ3n) is 1.38. The first-order valence-corrected chi connectivity index (χ1v) is 4.72. The highest BCUT2D eigenvalue weighted by Gasteiger charge is 2.11. The monoisotopic (exact) mass is 140 g/mol. The quantitative estimate of drug-likeness (QED) is 0.518. The summed E-state index contributed by atoms with van der Waals surface area (Å²) in [5.74, 6) is 4.63. The highest BCUT2D eigenvalue weighted by molar-refractivity contribution is 7.49. The molecule has 0 amide bonds. The van der Waals surface area contributed by atoms with Crippen molar-refractivity contribution < 1.29 is 0 Å². The highest BCUT2D eigenvalue weighted by Crippen LogP contribution is 2.43. The van der Waals surface area contributed by atoms with Crippen molar-refractivity contribution in [3.05, 3.63) is 23.7 Å². The van der Waals surface area contributed by atoms with Crippen molar-refractivity contribution in [3.8, 4) is 0 Å². The molecule has 0 aromatic carbocycles. The van der Waals surface area contributed by atoms with E-state index in [1.807, 2.05) is 0 Å². The first-order chi connectivity index (χ1) is 4.11. The van der Waals surface area contributed by atoms with Gasteiger partial charge in [0.25, 0.3) is 0 Å². The maximum absolute atomic E-state index is 2.31. The molecule has 1 aromatic heterocycles. The second kappa shape index (κ2) is 2.19. The molecule has 0 aliphatic heterocycles.